The van der Waals surface area contributed by atoms with Crippen LogP contribution in [0.1, 0.15) is 24.2 Å². The summed E-state index contributed by atoms with van der Waals surface area (Å²) >= 11 is 0. The molecule has 1 aliphatic rings. The van der Waals surface area contributed by atoms with Crippen molar-refractivity contribution in [2.45, 2.75) is 31.8 Å². The van der Waals surface area contributed by atoms with Crippen molar-refractivity contribution >= 4 is 5.91 Å². The van der Waals surface area contributed by atoms with Crippen molar-refractivity contribution in [1.82, 2.24) is 10.1 Å². The molecule has 0 unspecified atom stereocenters. The van der Waals surface area contributed by atoms with Crippen LogP contribution in [-0.2, 0) is 17.6 Å². The van der Waals surface area contributed by atoms with Gasteiger partial charge in [0.15, 0.2) is 0 Å². The number of aromatic nitrogens is 1. The van der Waals surface area contributed by atoms with Gasteiger partial charge >= 0.3 is 0 Å². The quantitative estimate of drug-likeness (QED) is 0.911. The maximum Gasteiger partial charge on any atom is 0.223 e. The molecule has 1 aromatic heterocycles. The summed E-state index contributed by atoms with van der Waals surface area (Å²) < 4.78 is 18.8. The minimum absolute atomic E-state index is 0.0248. The number of halogens is 1. The van der Waals surface area contributed by atoms with E-state index in [1.54, 1.807) is 35.4 Å². The van der Waals surface area contributed by atoms with Crippen molar-refractivity contribution in [3.05, 3.63) is 53.7 Å². The SMILES string of the molecule is O=C(CCc1ccno1)N1CC[C@H](O)[C@H](Cc2ccccc2F)C1. The maximum absolute atomic E-state index is 13.8. The monoisotopic (exact) mass is 332 g/mol. The summed E-state index contributed by atoms with van der Waals surface area (Å²) in [5.74, 6) is 0.295. The fourth-order valence-corrected chi connectivity index (χ4v) is 3.15. The predicted molar refractivity (Wildman–Crippen MR) is 85.6 cm³/mol. The highest BCUT2D eigenvalue weighted by Gasteiger charge is 2.30. The van der Waals surface area contributed by atoms with Gasteiger partial charge in [-0.3, -0.25) is 4.79 Å². The van der Waals surface area contributed by atoms with Crippen molar-refractivity contribution in [3.8, 4) is 0 Å². The van der Waals surface area contributed by atoms with Crippen LogP contribution >= 0.6 is 0 Å². The minimum atomic E-state index is -0.511. The second-order valence-electron chi connectivity index (χ2n) is 6.23. The number of carbonyl (C=O) groups excluding carboxylic acids is 1. The van der Waals surface area contributed by atoms with Crippen molar-refractivity contribution in [2.75, 3.05) is 13.1 Å². The third-order valence-electron chi connectivity index (χ3n) is 4.56. The number of piperidine rings is 1. The molecule has 0 bridgehead atoms. The van der Waals surface area contributed by atoms with Crippen LogP contribution in [0.3, 0.4) is 0 Å². The van der Waals surface area contributed by atoms with E-state index in [1.165, 1.54) is 6.07 Å². The average molecular weight is 332 g/mol. The van der Waals surface area contributed by atoms with Crippen LogP contribution in [0.4, 0.5) is 4.39 Å². The van der Waals surface area contributed by atoms with Gasteiger partial charge in [-0.2, -0.15) is 0 Å². The van der Waals surface area contributed by atoms with Crippen LogP contribution in [-0.4, -0.2) is 40.3 Å². The normalized spacial score (nSPS) is 21.0. The minimum Gasteiger partial charge on any atom is -0.393 e. The zero-order valence-corrected chi connectivity index (χ0v) is 13.4. The molecule has 1 amide bonds. The number of nitrogens with zero attached hydrogens (tertiary/aromatic N) is 2. The van der Waals surface area contributed by atoms with Gasteiger partial charge in [0.2, 0.25) is 5.91 Å². The van der Waals surface area contributed by atoms with E-state index in [2.05, 4.69) is 5.16 Å². The van der Waals surface area contributed by atoms with E-state index < -0.39 is 6.10 Å². The second kappa shape index (κ2) is 7.57. The lowest BCUT2D eigenvalue weighted by Gasteiger charge is -2.36. The van der Waals surface area contributed by atoms with Crippen molar-refractivity contribution in [3.63, 3.8) is 0 Å². The molecular formula is C18H21FN2O3. The first-order valence-electron chi connectivity index (χ1n) is 8.22. The van der Waals surface area contributed by atoms with Crippen LogP contribution < -0.4 is 0 Å². The average Bonchev–Trinajstić information content (AvgIpc) is 3.10. The Hall–Kier alpha value is -2.21. The van der Waals surface area contributed by atoms with Crippen LogP contribution in [0.2, 0.25) is 0 Å². The molecule has 3 rings (SSSR count). The maximum atomic E-state index is 13.8. The molecule has 6 heteroatoms. The highest BCUT2D eigenvalue weighted by atomic mass is 19.1. The Labute approximate surface area is 140 Å². The van der Waals surface area contributed by atoms with E-state index in [0.29, 0.717) is 50.1 Å². The van der Waals surface area contributed by atoms with Gasteiger partial charge in [0.1, 0.15) is 11.6 Å². The number of hydrogen-bond acceptors (Lipinski definition) is 4. The Morgan fingerprint density at radius 3 is 2.96 bits per heavy atom. The third-order valence-corrected chi connectivity index (χ3v) is 4.56. The number of amides is 1. The Kier molecular flexibility index (Phi) is 5.25. The molecule has 1 N–H and O–H groups in total. The van der Waals surface area contributed by atoms with Gasteiger partial charge in [0.25, 0.3) is 0 Å². The molecule has 128 valence electrons. The lowest BCUT2D eigenvalue weighted by atomic mass is 9.88. The van der Waals surface area contributed by atoms with E-state index in [0.717, 1.165) is 0 Å². The van der Waals surface area contributed by atoms with Gasteiger partial charge in [0, 0.05) is 37.9 Å². The molecule has 2 heterocycles. The number of likely N-dealkylation sites (tertiary alicyclic amines) is 1. The van der Waals surface area contributed by atoms with Crippen LogP contribution in [0.5, 0.6) is 0 Å². The first-order valence-corrected chi connectivity index (χ1v) is 8.22. The highest BCUT2D eigenvalue weighted by Crippen LogP contribution is 2.23. The summed E-state index contributed by atoms with van der Waals surface area (Å²) in [6.45, 7) is 0.981. The summed E-state index contributed by atoms with van der Waals surface area (Å²) in [5.41, 5.74) is 0.581. The second-order valence-corrected chi connectivity index (χ2v) is 6.23. The Balaban J connectivity index is 1.58. The summed E-state index contributed by atoms with van der Waals surface area (Å²) in [6.07, 6.45) is 2.85. The molecule has 24 heavy (non-hydrogen) atoms. The third kappa shape index (κ3) is 4.00. The van der Waals surface area contributed by atoms with E-state index in [-0.39, 0.29) is 17.6 Å². The van der Waals surface area contributed by atoms with E-state index >= 15 is 0 Å². The smallest absolute Gasteiger partial charge is 0.223 e. The number of aryl methyl sites for hydroxylation is 1. The molecule has 2 atom stereocenters. The molecule has 0 saturated carbocycles. The van der Waals surface area contributed by atoms with Gasteiger partial charge in [0.05, 0.1) is 12.3 Å². The first kappa shape index (κ1) is 16.6. The fourth-order valence-electron chi connectivity index (χ4n) is 3.15. The van der Waals surface area contributed by atoms with Gasteiger partial charge in [-0.25, -0.2) is 4.39 Å². The lowest BCUT2D eigenvalue weighted by Crippen LogP contribution is -2.46. The summed E-state index contributed by atoms with van der Waals surface area (Å²) in [6, 6.07) is 8.33. The molecule has 1 fully saturated rings. The van der Waals surface area contributed by atoms with E-state index in [9.17, 15) is 14.3 Å². The van der Waals surface area contributed by atoms with Gasteiger partial charge in [-0.05, 0) is 24.5 Å². The van der Waals surface area contributed by atoms with Crippen LogP contribution in [0.15, 0.2) is 41.1 Å². The number of rotatable bonds is 5. The van der Waals surface area contributed by atoms with Crippen molar-refractivity contribution < 1.29 is 18.8 Å². The lowest BCUT2D eigenvalue weighted by molar-refractivity contribution is -0.135. The molecule has 5 nitrogen and oxygen atoms in total. The van der Waals surface area contributed by atoms with Gasteiger partial charge < -0.3 is 14.5 Å². The molecule has 1 aliphatic heterocycles. The Morgan fingerprint density at radius 2 is 2.21 bits per heavy atom. The molecular weight excluding hydrogens is 311 g/mol. The Bertz CT molecular complexity index is 675. The molecule has 0 aliphatic carbocycles. The number of aliphatic hydroxyl groups is 1. The summed E-state index contributed by atoms with van der Waals surface area (Å²) in [7, 11) is 0. The number of aliphatic hydroxyl groups excluding tert-OH is 1. The number of hydrogen-bond donors (Lipinski definition) is 1. The zero-order chi connectivity index (χ0) is 16.9. The number of carbonyl (C=O) groups is 1. The van der Waals surface area contributed by atoms with Gasteiger partial charge in [-0.15, -0.1) is 0 Å². The van der Waals surface area contributed by atoms with E-state index in [4.69, 9.17) is 4.52 Å². The van der Waals surface area contributed by atoms with Crippen molar-refractivity contribution in [2.24, 2.45) is 5.92 Å². The van der Waals surface area contributed by atoms with Crippen LogP contribution in [0, 0.1) is 11.7 Å². The van der Waals surface area contributed by atoms with Gasteiger partial charge in [-0.1, -0.05) is 23.4 Å². The molecule has 0 spiro atoms. The summed E-state index contributed by atoms with van der Waals surface area (Å²) in [4.78, 5) is 14.1. The molecule has 1 saturated heterocycles. The highest BCUT2D eigenvalue weighted by molar-refractivity contribution is 5.76. The zero-order valence-electron chi connectivity index (χ0n) is 13.4. The standard InChI is InChI=1S/C18H21FN2O3/c19-16-4-2-1-3-13(16)11-14-12-21(10-8-17(14)22)18(23)6-5-15-7-9-20-24-15/h1-4,7,9,14,17,22H,5-6,8,10-12H2/t14-,17+/m1/s1. The van der Waals surface area contributed by atoms with Crippen LogP contribution in [0.25, 0.3) is 0 Å². The topological polar surface area (TPSA) is 66.6 Å². The first-order chi connectivity index (χ1) is 11.6. The summed E-state index contributed by atoms with van der Waals surface area (Å²) in [5, 5.41) is 13.8. The Morgan fingerprint density at radius 1 is 1.38 bits per heavy atom. The van der Waals surface area contributed by atoms with Crippen molar-refractivity contribution in [1.29, 1.82) is 0 Å². The molecule has 1 aromatic carbocycles. The fraction of sp³-hybridized carbons (Fsp3) is 0.444. The molecule has 2 aromatic rings. The predicted octanol–water partition coefficient (Wildman–Crippen LogP) is 2.20. The largest absolute Gasteiger partial charge is 0.393 e. The molecule has 0 radical (unpaired) electrons. The van der Waals surface area contributed by atoms with E-state index in [1.807, 2.05) is 0 Å². The number of benzene rings is 1.